The molecule has 0 saturated heterocycles. The van der Waals surface area contributed by atoms with Gasteiger partial charge in [-0.2, -0.15) is 0 Å². The van der Waals surface area contributed by atoms with Crippen LogP contribution >= 0.6 is 11.3 Å². The van der Waals surface area contributed by atoms with Gasteiger partial charge in [-0.05, 0) is 34.6 Å². The fourth-order valence-corrected chi connectivity index (χ4v) is 2.48. The van der Waals surface area contributed by atoms with Gasteiger partial charge in [0.05, 0.1) is 5.69 Å². The van der Waals surface area contributed by atoms with Crippen LogP contribution in [0, 0.1) is 13.8 Å². The standard InChI is InChI=1S/C13H21N3O2S/c1-8-9(2)19-12(14-8)15-11(18)7-16(10(3)17)13(4,5)6/h7H2,1-6H3,(H,14,15,18). The Morgan fingerprint density at radius 1 is 1.32 bits per heavy atom. The Bertz CT molecular complexity index is 469. The molecule has 0 spiro atoms. The molecule has 0 aliphatic carbocycles. The van der Waals surface area contributed by atoms with Crippen molar-refractivity contribution < 1.29 is 9.59 Å². The lowest BCUT2D eigenvalue weighted by atomic mass is 10.1. The van der Waals surface area contributed by atoms with Gasteiger partial charge in [-0.1, -0.05) is 0 Å². The number of amides is 2. The smallest absolute Gasteiger partial charge is 0.245 e. The molecule has 0 aliphatic heterocycles. The molecule has 0 aromatic carbocycles. The first kappa shape index (κ1) is 15.6. The van der Waals surface area contributed by atoms with Gasteiger partial charge in [-0.25, -0.2) is 4.98 Å². The maximum atomic E-state index is 12.0. The van der Waals surface area contributed by atoms with Crippen molar-refractivity contribution in [3.63, 3.8) is 0 Å². The number of carbonyl (C=O) groups is 2. The molecule has 5 nitrogen and oxygen atoms in total. The number of aromatic nitrogens is 1. The lowest BCUT2D eigenvalue weighted by molar-refractivity contribution is -0.137. The van der Waals surface area contributed by atoms with Crippen LogP contribution in [0.5, 0.6) is 0 Å². The molecule has 1 aromatic rings. The van der Waals surface area contributed by atoms with E-state index in [1.165, 1.54) is 23.2 Å². The molecule has 1 heterocycles. The van der Waals surface area contributed by atoms with E-state index in [4.69, 9.17) is 0 Å². The van der Waals surface area contributed by atoms with Gasteiger partial charge in [0, 0.05) is 17.3 Å². The van der Waals surface area contributed by atoms with Crippen LogP contribution in [0.2, 0.25) is 0 Å². The Kier molecular flexibility index (Phi) is 4.68. The zero-order valence-electron chi connectivity index (χ0n) is 12.3. The van der Waals surface area contributed by atoms with E-state index in [-0.39, 0.29) is 23.9 Å². The summed E-state index contributed by atoms with van der Waals surface area (Å²) >= 11 is 1.44. The maximum Gasteiger partial charge on any atom is 0.245 e. The second kappa shape index (κ2) is 5.69. The zero-order chi connectivity index (χ0) is 14.8. The molecule has 0 bridgehead atoms. The third-order valence-electron chi connectivity index (χ3n) is 2.77. The molecule has 19 heavy (non-hydrogen) atoms. The molecule has 0 unspecified atom stereocenters. The van der Waals surface area contributed by atoms with Crippen molar-refractivity contribution in [1.29, 1.82) is 0 Å². The number of carbonyl (C=O) groups excluding carboxylic acids is 2. The van der Waals surface area contributed by atoms with Gasteiger partial charge < -0.3 is 10.2 Å². The van der Waals surface area contributed by atoms with Crippen LogP contribution in [0.3, 0.4) is 0 Å². The van der Waals surface area contributed by atoms with Gasteiger partial charge in [-0.15, -0.1) is 11.3 Å². The molecule has 1 rings (SSSR count). The number of hydrogen-bond donors (Lipinski definition) is 1. The van der Waals surface area contributed by atoms with E-state index in [0.717, 1.165) is 10.6 Å². The highest BCUT2D eigenvalue weighted by Crippen LogP contribution is 2.21. The van der Waals surface area contributed by atoms with Crippen molar-refractivity contribution in [2.45, 2.75) is 47.1 Å². The first-order valence-corrected chi connectivity index (χ1v) is 6.95. The molecular weight excluding hydrogens is 262 g/mol. The Hall–Kier alpha value is -1.43. The summed E-state index contributed by atoms with van der Waals surface area (Å²) in [5, 5.41) is 3.32. The average molecular weight is 283 g/mol. The van der Waals surface area contributed by atoms with Gasteiger partial charge in [0.1, 0.15) is 6.54 Å². The van der Waals surface area contributed by atoms with Crippen LogP contribution in [0.4, 0.5) is 5.13 Å². The first-order chi connectivity index (χ1) is 8.61. The van der Waals surface area contributed by atoms with E-state index >= 15 is 0 Å². The summed E-state index contributed by atoms with van der Waals surface area (Å²) in [4.78, 5) is 30.4. The number of aryl methyl sites for hydroxylation is 2. The third kappa shape index (κ3) is 4.31. The minimum Gasteiger partial charge on any atom is -0.329 e. The Morgan fingerprint density at radius 2 is 1.89 bits per heavy atom. The molecule has 0 atom stereocenters. The van der Waals surface area contributed by atoms with E-state index in [9.17, 15) is 9.59 Å². The van der Waals surface area contributed by atoms with E-state index in [2.05, 4.69) is 10.3 Å². The van der Waals surface area contributed by atoms with E-state index in [0.29, 0.717) is 5.13 Å². The summed E-state index contributed by atoms with van der Waals surface area (Å²) in [6.45, 7) is 11.1. The number of hydrogen-bond acceptors (Lipinski definition) is 4. The lowest BCUT2D eigenvalue weighted by Gasteiger charge is -2.34. The minimum atomic E-state index is -0.377. The average Bonchev–Trinajstić information content (AvgIpc) is 2.52. The van der Waals surface area contributed by atoms with Gasteiger partial charge in [0.25, 0.3) is 0 Å². The quantitative estimate of drug-likeness (QED) is 0.926. The highest BCUT2D eigenvalue weighted by Gasteiger charge is 2.26. The Morgan fingerprint density at radius 3 is 2.26 bits per heavy atom. The van der Waals surface area contributed by atoms with Crippen LogP contribution in [0.1, 0.15) is 38.3 Å². The van der Waals surface area contributed by atoms with Crippen LogP contribution < -0.4 is 5.32 Å². The molecule has 0 radical (unpaired) electrons. The predicted octanol–water partition coefficient (Wildman–Crippen LogP) is 2.35. The van der Waals surface area contributed by atoms with Gasteiger partial charge >= 0.3 is 0 Å². The fraction of sp³-hybridized carbons (Fsp3) is 0.615. The lowest BCUT2D eigenvalue weighted by Crippen LogP contribution is -2.48. The SMILES string of the molecule is CC(=O)N(CC(=O)Nc1nc(C)c(C)s1)C(C)(C)C. The molecule has 6 heteroatoms. The number of nitrogens with zero attached hydrogens (tertiary/aromatic N) is 2. The fourth-order valence-electron chi connectivity index (χ4n) is 1.65. The summed E-state index contributed by atoms with van der Waals surface area (Å²) in [6.07, 6.45) is 0. The van der Waals surface area contributed by atoms with Gasteiger partial charge in [0.15, 0.2) is 5.13 Å². The normalized spacial score (nSPS) is 11.3. The van der Waals surface area contributed by atoms with E-state index < -0.39 is 0 Å². The van der Waals surface area contributed by atoms with Crippen LogP contribution in [0.15, 0.2) is 0 Å². The molecule has 106 valence electrons. The second-order valence-electron chi connectivity index (χ2n) is 5.48. The van der Waals surface area contributed by atoms with Crippen LogP contribution in [-0.4, -0.2) is 33.8 Å². The number of thiazole rings is 1. The molecular formula is C13H21N3O2S. The largest absolute Gasteiger partial charge is 0.329 e. The van der Waals surface area contributed by atoms with Crippen molar-refractivity contribution in [2.24, 2.45) is 0 Å². The van der Waals surface area contributed by atoms with Crippen molar-refractivity contribution in [1.82, 2.24) is 9.88 Å². The monoisotopic (exact) mass is 283 g/mol. The van der Waals surface area contributed by atoms with Crippen LogP contribution in [-0.2, 0) is 9.59 Å². The molecule has 2 amide bonds. The molecule has 0 saturated carbocycles. The molecule has 0 fully saturated rings. The van der Waals surface area contributed by atoms with E-state index in [1.807, 2.05) is 34.6 Å². The Labute approximate surface area is 118 Å². The Balaban J connectivity index is 2.71. The molecule has 1 N–H and O–H groups in total. The van der Waals surface area contributed by atoms with Gasteiger partial charge in [0.2, 0.25) is 11.8 Å². The van der Waals surface area contributed by atoms with Crippen molar-refractivity contribution in [2.75, 3.05) is 11.9 Å². The van der Waals surface area contributed by atoms with Crippen molar-refractivity contribution in [3.05, 3.63) is 10.6 Å². The second-order valence-corrected chi connectivity index (χ2v) is 6.69. The van der Waals surface area contributed by atoms with Crippen LogP contribution in [0.25, 0.3) is 0 Å². The summed E-state index contributed by atoms with van der Waals surface area (Å²) in [6, 6.07) is 0. The number of rotatable bonds is 3. The first-order valence-electron chi connectivity index (χ1n) is 6.13. The summed E-state index contributed by atoms with van der Waals surface area (Å²) < 4.78 is 0. The summed E-state index contributed by atoms with van der Waals surface area (Å²) in [5.74, 6) is -0.340. The third-order valence-corrected chi connectivity index (χ3v) is 3.75. The highest BCUT2D eigenvalue weighted by molar-refractivity contribution is 7.15. The van der Waals surface area contributed by atoms with Gasteiger partial charge in [-0.3, -0.25) is 9.59 Å². The maximum absolute atomic E-state index is 12.0. The predicted molar refractivity (Wildman–Crippen MR) is 77.4 cm³/mol. The summed E-state index contributed by atoms with van der Waals surface area (Å²) in [7, 11) is 0. The molecule has 0 aliphatic rings. The number of nitrogens with one attached hydrogen (secondary N) is 1. The minimum absolute atomic E-state index is 0.0382. The van der Waals surface area contributed by atoms with Crippen molar-refractivity contribution in [3.8, 4) is 0 Å². The molecule has 1 aromatic heterocycles. The number of anilines is 1. The zero-order valence-corrected chi connectivity index (χ0v) is 13.1. The van der Waals surface area contributed by atoms with E-state index in [1.54, 1.807) is 0 Å². The van der Waals surface area contributed by atoms with Crippen molar-refractivity contribution >= 4 is 28.3 Å². The summed E-state index contributed by atoms with van der Waals surface area (Å²) in [5.41, 5.74) is 0.539. The highest BCUT2D eigenvalue weighted by atomic mass is 32.1. The topological polar surface area (TPSA) is 62.3 Å².